The van der Waals surface area contributed by atoms with Gasteiger partial charge >= 0.3 is 0 Å². The molecule has 12 heteroatoms. The zero-order valence-corrected chi connectivity index (χ0v) is 25.9. The number of rotatable bonds is 15. The number of amides is 1. The number of thioether (sulfide) groups is 1. The summed E-state index contributed by atoms with van der Waals surface area (Å²) in [6, 6.07) is 14.3. The molecule has 236 valence electrons. The van der Waals surface area contributed by atoms with Gasteiger partial charge in [-0.2, -0.15) is 0 Å². The van der Waals surface area contributed by atoms with E-state index in [1.165, 1.54) is 24.3 Å². The van der Waals surface area contributed by atoms with E-state index in [9.17, 15) is 18.8 Å². The van der Waals surface area contributed by atoms with Gasteiger partial charge in [0, 0.05) is 31.1 Å². The van der Waals surface area contributed by atoms with Crippen LogP contribution in [-0.2, 0) is 17.8 Å². The molecule has 0 saturated carbocycles. The molecule has 0 unspecified atom stereocenters. The Morgan fingerprint density at radius 2 is 1.73 bits per heavy atom. The summed E-state index contributed by atoms with van der Waals surface area (Å²) >= 11 is 1.15. The predicted molar refractivity (Wildman–Crippen MR) is 168 cm³/mol. The van der Waals surface area contributed by atoms with Crippen LogP contribution in [0.15, 0.2) is 64.5 Å². The first-order valence-electron chi connectivity index (χ1n) is 14.6. The van der Waals surface area contributed by atoms with E-state index in [1.54, 1.807) is 30.9 Å². The van der Waals surface area contributed by atoms with E-state index in [2.05, 4.69) is 5.32 Å². The Morgan fingerprint density at radius 3 is 2.49 bits per heavy atom. The van der Waals surface area contributed by atoms with Crippen molar-refractivity contribution in [2.75, 3.05) is 33.3 Å². The second kappa shape index (κ2) is 14.9. The lowest BCUT2D eigenvalue weighted by Crippen LogP contribution is -2.25. The lowest BCUT2D eigenvalue weighted by Gasteiger charge is -2.13. The molecule has 2 heterocycles. The van der Waals surface area contributed by atoms with Gasteiger partial charge in [0.25, 0.3) is 5.56 Å². The number of nitrogens with one attached hydrogen (secondary N) is 1. The predicted octanol–water partition coefficient (Wildman–Crippen LogP) is 5.18. The summed E-state index contributed by atoms with van der Waals surface area (Å²) < 4.78 is 36.4. The maximum absolute atomic E-state index is 13.6. The zero-order valence-electron chi connectivity index (χ0n) is 25.1. The number of ketones is 1. The van der Waals surface area contributed by atoms with Crippen molar-refractivity contribution in [1.29, 1.82) is 0 Å². The number of aromatic nitrogens is 2. The summed E-state index contributed by atoms with van der Waals surface area (Å²) in [6.07, 6.45) is 3.04. The minimum atomic E-state index is -0.421. The van der Waals surface area contributed by atoms with Gasteiger partial charge in [0.15, 0.2) is 33.9 Å². The number of nitrogens with zero attached hydrogens (tertiary/aromatic N) is 2. The van der Waals surface area contributed by atoms with Crippen molar-refractivity contribution in [1.82, 2.24) is 14.9 Å². The van der Waals surface area contributed by atoms with Crippen LogP contribution in [0, 0.1) is 5.82 Å². The van der Waals surface area contributed by atoms with Crippen LogP contribution in [0.3, 0.4) is 0 Å². The summed E-state index contributed by atoms with van der Waals surface area (Å²) in [7, 11) is 3.17. The molecule has 10 nitrogen and oxygen atoms in total. The third-order valence-electron chi connectivity index (χ3n) is 7.38. The normalized spacial score (nSPS) is 11.9. The third-order valence-corrected chi connectivity index (χ3v) is 8.36. The number of carbonyl (C=O) groups is 2. The average Bonchev–Trinajstić information content (AvgIpc) is 3.51. The van der Waals surface area contributed by atoms with E-state index in [1.807, 2.05) is 18.2 Å². The molecule has 5 rings (SSSR count). The van der Waals surface area contributed by atoms with Gasteiger partial charge in [0.2, 0.25) is 12.7 Å². The molecule has 0 radical (unpaired) electrons. The van der Waals surface area contributed by atoms with E-state index in [0.29, 0.717) is 89.8 Å². The summed E-state index contributed by atoms with van der Waals surface area (Å²) in [5.41, 5.74) is 1.60. The molecule has 4 aromatic rings. The summed E-state index contributed by atoms with van der Waals surface area (Å²) in [5.74, 6) is 1.66. The third kappa shape index (κ3) is 7.93. The van der Waals surface area contributed by atoms with E-state index in [-0.39, 0.29) is 29.8 Å². The first kappa shape index (κ1) is 31.8. The van der Waals surface area contributed by atoms with Crippen LogP contribution in [-0.4, -0.2) is 54.6 Å². The Balaban J connectivity index is 1.17. The molecule has 0 spiro atoms. The number of halogens is 1. The molecule has 45 heavy (non-hydrogen) atoms. The van der Waals surface area contributed by atoms with E-state index in [0.717, 1.165) is 17.3 Å². The van der Waals surface area contributed by atoms with E-state index >= 15 is 0 Å². The van der Waals surface area contributed by atoms with Crippen LogP contribution >= 0.6 is 11.8 Å². The minimum Gasteiger partial charge on any atom is -0.493 e. The lowest BCUT2D eigenvalue weighted by atomic mass is 10.1. The number of Topliss-reactive ketones (excluding diaryl/α,β-unsaturated/α-hetero) is 1. The van der Waals surface area contributed by atoms with Gasteiger partial charge in [-0.15, -0.1) is 0 Å². The highest BCUT2D eigenvalue weighted by Crippen LogP contribution is 2.35. The molecule has 1 amide bonds. The van der Waals surface area contributed by atoms with Crippen LogP contribution in [0.4, 0.5) is 4.39 Å². The number of benzene rings is 3. The monoisotopic (exact) mass is 635 g/mol. The molecule has 0 bridgehead atoms. The highest BCUT2D eigenvalue weighted by Gasteiger charge is 2.20. The van der Waals surface area contributed by atoms with Crippen molar-refractivity contribution in [3.8, 4) is 23.0 Å². The molecule has 0 atom stereocenters. The fraction of sp³-hybridized carbons (Fsp3) is 0.333. The number of hydrogen-bond donors (Lipinski definition) is 1. The summed E-state index contributed by atoms with van der Waals surface area (Å²) in [6.45, 7) is 0.934. The van der Waals surface area contributed by atoms with Crippen molar-refractivity contribution in [3.05, 3.63) is 81.9 Å². The topological polar surface area (TPSA) is 118 Å². The molecule has 1 aromatic heterocycles. The molecular formula is C33H34FN3O7S. The van der Waals surface area contributed by atoms with E-state index in [4.69, 9.17) is 23.9 Å². The molecule has 1 N–H and O–H groups in total. The summed E-state index contributed by atoms with van der Waals surface area (Å²) in [5, 5.41) is 3.74. The number of fused-ring (bicyclic) bond motifs is 2. The van der Waals surface area contributed by atoms with Crippen molar-refractivity contribution in [2.24, 2.45) is 0 Å². The average molecular weight is 636 g/mol. The number of carbonyl (C=O) groups excluding carboxylic acids is 2. The highest BCUT2D eigenvalue weighted by atomic mass is 32.2. The van der Waals surface area contributed by atoms with Gasteiger partial charge in [-0.1, -0.05) is 24.2 Å². The lowest BCUT2D eigenvalue weighted by molar-refractivity contribution is -0.121. The van der Waals surface area contributed by atoms with Crippen molar-refractivity contribution in [2.45, 2.75) is 43.8 Å². The highest BCUT2D eigenvalue weighted by molar-refractivity contribution is 7.99. The van der Waals surface area contributed by atoms with Gasteiger partial charge < -0.3 is 24.3 Å². The van der Waals surface area contributed by atoms with Crippen LogP contribution in [0.25, 0.3) is 10.9 Å². The molecule has 1 aliphatic heterocycles. The Kier molecular flexibility index (Phi) is 10.6. The first-order chi connectivity index (χ1) is 21.9. The Labute approximate surface area is 263 Å². The van der Waals surface area contributed by atoms with Crippen LogP contribution in [0.1, 0.15) is 41.6 Å². The van der Waals surface area contributed by atoms with Gasteiger partial charge in [0.1, 0.15) is 5.82 Å². The second-order valence-corrected chi connectivity index (χ2v) is 11.3. The van der Waals surface area contributed by atoms with Crippen molar-refractivity contribution in [3.63, 3.8) is 0 Å². The SMILES string of the molecule is COc1ccc(CCNC(=O)CCCCCn2c(SCC(=O)c3ccc(F)cc3)nc3cc4c(cc3c2=O)OCO4)cc1OC. The van der Waals surface area contributed by atoms with Crippen LogP contribution < -0.4 is 29.8 Å². The smallest absolute Gasteiger partial charge is 0.262 e. The fourth-order valence-corrected chi connectivity index (χ4v) is 5.87. The van der Waals surface area contributed by atoms with Crippen molar-refractivity contribution >= 4 is 34.4 Å². The largest absolute Gasteiger partial charge is 0.493 e. The van der Waals surface area contributed by atoms with Gasteiger partial charge in [-0.25, -0.2) is 9.37 Å². The Morgan fingerprint density at radius 1 is 0.978 bits per heavy atom. The molecule has 0 saturated heterocycles. The van der Waals surface area contributed by atoms with E-state index < -0.39 is 5.82 Å². The number of methoxy groups -OCH3 is 2. The first-order valence-corrected chi connectivity index (χ1v) is 15.6. The Bertz CT molecular complexity index is 1740. The quantitative estimate of drug-likeness (QED) is 0.0817. The van der Waals surface area contributed by atoms with Crippen LogP contribution in [0.2, 0.25) is 0 Å². The number of hydrogen-bond acceptors (Lipinski definition) is 9. The molecule has 3 aromatic carbocycles. The maximum atomic E-state index is 13.6. The summed E-state index contributed by atoms with van der Waals surface area (Å²) in [4.78, 5) is 43.5. The number of unbranched alkanes of at least 4 members (excludes halogenated alkanes) is 2. The number of ether oxygens (including phenoxy) is 4. The van der Waals surface area contributed by atoms with Gasteiger partial charge in [-0.3, -0.25) is 19.0 Å². The fourth-order valence-electron chi connectivity index (χ4n) is 4.95. The van der Waals surface area contributed by atoms with Gasteiger partial charge in [-0.05, 0) is 67.3 Å². The molecule has 0 fully saturated rings. The molecular weight excluding hydrogens is 601 g/mol. The van der Waals surface area contributed by atoms with Crippen LogP contribution in [0.5, 0.6) is 23.0 Å². The molecule has 0 aliphatic carbocycles. The molecule has 1 aliphatic rings. The second-order valence-electron chi connectivity index (χ2n) is 10.4. The Hall–Kier alpha value is -4.58. The minimum absolute atomic E-state index is 0.0254. The van der Waals surface area contributed by atoms with Gasteiger partial charge in [0.05, 0.1) is 30.9 Å². The van der Waals surface area contributed by atoms with Crippen molar-refractivity contribution < 1.29 is 32.9 Å². The maximum Gasteiger partial charge on any atom is 0.262 e. The zero-order chi connectivity index (χ0) is 31.8. The standard InChI is InChI=1S/C33H34FN3O7S/c1-41-27-12-7-21(16-28(27)42-2)13-14-35-31(39)6-4-3-5-15-37-32(40)24-17-29-30(44-20-43-29)18-25(24)36-33(37)45-19-26(38)22-8-10-23(34)11-9-22/h7-12,16-18H,3-6,13-15,19-20H2,1-2H3,(H,35,39).